The highest BCUT2D eigenvalue weighted by Crippen LogP contribution is 2.12. The summed E-state index contributed by atoms with van der Waals surface area (Å²) in [6, 6.07) is 17.8. The highest BCUT2D eigenvalue weighted by atomic mass is 16.5. The van der Waals surface area contributed by atoms with Gasteiger partial charge in [0.1, 0.15) is 5.75 Å². The Morgan fingerprint density at radius 3 is 2.36 bits per heavy atom. The lowest BCUT2D eigenvalue weighted by Crippen LogP contribution is -2.34. The normalized spacial score (nSPS) is 10.5. The highest BCUT2D eigenvalue weighted by Gasteiger charge is 2.07. The molecule has 0 atom stereocenters. The number of benzene rings is 2. The molecule has 0 heterocycles. The molecular weight excluding hydrogens is 276 g/mol. The van der Waals surface area contributed by atoms with Gasteiger partial charge in [0.15, 0.2) is 0 Å². The number of rotatable bonds is 7. The number of hydrogen-bond donors (Lipinski definition) is 1. The molecule has 0 spiro atoms. The van der Waals surface area contributed by atoms with E-state index in [1.165, 1.54) is 0 Å². The maximum atomic E-state index is 11.9. The zero-order valence-electron chi connectivity index (χ0n) is 13.1. The van der Waals surface area contributed by atoms with Crippen LogP contribution in [0.3, 0.4) is 0 Å². The maximum absolute atomic E-state index is 11.9. The number of likely N-dealkylation sites (N-methyl/N-ethyl adjacent to an activating group) is 1. The summed E-state index contributed by atoms with van der Waals surface area (Å²) in [6.45, 7) is 1.66. The average Bonchev–Trinajstić information content (AvgIpc) is 2.54. The number of methoxy groups -OCH3 is 1. The molecule has 0 aromatic heterocycles. The summed E-state index contributed by atoms with van der Waals surface area (Å²) >= 11 is 0. The Kier molecular flexibility index (Phi) is 5.98. The first-order chi connectivity index (χ1) is 10.7. The number of amides is 1. The third-order valence-corrected chi connectivity index (χ3v) is 3.36. The molecule has 0 saturated carbocycles. The number of carbonyl (C=O) groups is 1. The molecular formula is C18H22N2O2. The van der Waals surface area contributed by atoms with Crippen LogP contribution in [-0.4, -0.2) is 31.5 Å². The fraction of sp³-hybridized carbons (Fsp3) is 0.278. The number of hydrogen-bond acceptors (Lipinski definition) is 3. The Labute approximate surface area is 131 Å². The Balaban J connectivity index is 1.75. The molecule has 4 heteroatoms. The standard InChI is InChI=1S/C18H22N2O2/c1-20(13-16-8-10-17(22-2)11-9-16)14-18(21)19-12-15-6-4-3-5-7-15/h3-11H,12-14H2,1-2H3,(H,19,21). The maximum Gasteiger partial charge on any atom is 0.234 e. The number of carbonyl (C=O) groups excluding carboxylic acids is 1. The van der Waals surface area contributed by atoms with Crippen LogP contribution in [0.15, 0.2) is 54.6 Å². The first-order valence-electron chi connectivity index (χ1n) is 7.29. The second kappa shape index (κ2) is 8.20. The molecule has 22 heavy (non-hydrogen) atoms. The van der Waals surface area contributed by atoms with E-state index in [9.17, 15) is 4.79 Å². The summed E-state index contributed by atoms with van der Waals surface area (Å²) in [6.07, 6.45) is 0. The van der Waals surface area contributed by atoms with Crippen molar-refractivity contribution in [2.75, 3.05) is 20.7 Å². The quantitative estimate of drug-likeness (QED) is 0.853. The molecule has 0 unspecified atom stereocenters. The van der Waals surface area contributed by atoms with Gasteiger partial charge in [-0.1, -0.05) is 42.5 Å². The molecule has 4 nitrogen and oxygen atoms in total. The van der Waals surface area contributed by atoms with Crippen molar-refractivity contribution >= 4 is 5.91 Å². The van der Waals surface area contributed by atoms with Crippen molar-refractivity contribution in [3.63, 3.8) is 0 Å². The van der Waals surface area contributed by atoms with E-state index >= 15 is 0 Å². The van der Waals surface area contributed by atoms with E-state index in [4.69, 9.17) is 4.74 Å². The van der Waals surface area contributed by atoms with Crippen molar-refractivity contribution < 1.29 is 9.53 Å². The predicted octanol–water partition coefficient (Wildman–Crippen LogP) is 2.44. The predicted molar refractivity (Wildman–Crippen MR) is 87.6 cm³/mol. The largest absolute Gasteiger partial charge is 0.497 e. The lowest BCUT2D eigenvalue weighted by molar-refractivity contribution is -0.122. The Hall–Kier alpha value is -2.33. The summed E-state index contributed by atoms with van der Waals surface area (Å²) < 4.78 is 5.13. The fourth-order valence-corrected chi connectivity index (χ4v) is 2.20. The van der Waals surface area contributed by atoms with E-state index in [1.807, 2.05) is 66.5 Å². The average molecular weight is 298 g/mol. The summed E-state index contributed by atoms with van der Waals surface area (Å²) in [5.74, 6) is 0.867. The van der Waals surface area contributed by atoms with Gasteiger partial charge in [0, 0.05) is 13.1 Å². The highest BCUT2D eigenvalue weighted by molar-refractivity contribution is 5.77. The molecule has 1 amide bonds. The van der Waals surface area contributed by atoms with Gasteiger partial charge in [-0.2, -0.15) is 0 Å². The molecule has 1 N–H and O–H groups in total. The third kappa shape index (κ3) is 5.22. The molecule has 0 aliphatic rings. The minimum atomic E-state index is 0.0277. The minimum Gasteiger partial charge on any atom is -0.497 e. The van der Waals surface area contributed by atoms with Crippen molar-refractivity contribution in [2.24, 2.45) is 0 Å². The van der Waals surface area contributed by atoms with Crippen LogP contribution >= 0.6 is 0 Å². The molecule has 2 aromatic rings. The minimum absolute atomic E-state index is 0.0277. The molecule has 2 aromatic carbocycles. The van der Waals surface area contributed by atoms with Gasteiger partial charge in [0.05, 0.1) is 13.7 Å². The number of nitrogens with one attached hydrogen (secondary N) is 1. The van der Waals surface area contributed by atoms with Crippen LogP contribution in [0, 0.1) is 0 Å². The second-order valence-electron chi connectivity index (χ2n) is 5.28. The van der Waals surface area contributed by atoms with E-state index in [-0.39, 0.29) is 5.91 Å². The van der Waals surface area contributed by atoms with Crippen LogP contribution in [0.5, 0.6) is 5.75 Å². The van der Waals surface area contributed by atoms with Gasteiger partial charge in [-0.3, -0.25) is 9.69 Å². The van der Waals surface area contributed by atoms with Crippen molar-refractivity contribution in [3.05, 3.63) is 65.7 Å². The zero-order chi connectivity index (χ0) is 15.8. The van der Waals surface area contributed by atoms with Crippen molar-refractivity contribution in [3.8, 4) is 5.75 Å². The zero-order valence-corrected chi connectivity index (χ0v) is 13.1. The van der Waals surface area contributed by atoms with E-state index in [1.54, 1.807) is 7.11 Å². The smallest absolute Gasteiger partial charge is 0.234 e. The van der Waals surface area contributed by atoms with Gasteiger partial charge < -0.3 is 10.1 Å². The molecule has 0 aliphatic heterocycles. The van der Waals surface area contributed by atoms with Crippen LogP contribution in [0.2, 0.25) is 0 Å². The van der Waals surface area contributed by atoms with Crippen LogP contribution < -0.4 is 10.1 Å². The second-order valence-corrected chi connectivity index (χ2v) is 5.28. The van der Waals surface area contributed by atoms with Crippen LogP contribution in [0.25, 0.3) is 0 Å². The lowest BCUT2D eigenvalue weighted by Gasteiger charge is -2.16. The van der Waals surface area contributed by atoms with Gasteiger partial charge in [-0.25, -0.2) is 0 Å². The van der Waals surface area contributed by atoms with Crippen LogP contribution in [0.4, 0.5) is 0 Å². The molecule has 0 fully saturated rings. The molecule has 0 aliphatic carbocycles. The SMILES string of the molecule is COc1ccc(CN(C)CC(=O)NCc2ccccc2)cc1. The van der Waals surface area contributed by atoms with Crippen molar-refractivity contribution in [1.29, 1.82) is 0 Å². The summed E-state index contributed by atoms with van der Waals surface area (Å²) in [5, 5.41) is 2.93. The van der Waals surface area contributed by atoms with Gasteiger partial charge >= 0.3 is 0 Å². The topological polar surface area (TPSA) is 41.6 Å². The molecule has 0 saturated heterocycles. The Morgan fingerprint density at radius 2 is 1.73 bits per heavy atom. The fourth-order valence-electron chi connectivity index (χ4n) is 2.20. The Bertz CT molecular complexity index is 582. The molecule has 116 valence electrons. The summed E-state index contributed by atoms with van der Waals surface area (Å²) in [4.78, 5) is 13.9. The molecule has 0 radical (unpaired) electrons. The van der Waals surface area contributed by atoms with Gasteiger partial charge in [0.25, 0.3) is 0 Å². The van der Waals surface area contributed by atoms with Gasteiger partial charge in [0.2, 0.25) is 5.91 Å². The monoisotopic (exact) mass is 298 g/mol. The summed E-state index contributed by atoms with van der Waals surface area (Å²) in [5.41, 5.74) is 2.26. The Morgan fingerprint density at radius 1 is 1.05 bits per heavy atom. The number of ether oxygens (including phenoxy) is 1. The van der Waals surface area contributed by atoms with Gasteiger partial charge in [-0.05, 0) is 30.3 Å². The third-order valence-electron chi connectivity index (χ3n) is 3.36. The van der Waals surface area contributed by atoms with E-state index in [0.717, 1.165) is 23.4 Å². The lowest BCUT2D eigenvalue weighted by atomic mass is 10.2. The van der Waals surface area contributed by atoms with E-state index in [0.29, 0.717) is 13.1 Å². The first-order valence-corrected chi connectivity index (χ1v) is 7.29. The van der Waals surface area contributed by atoms with Crippen molar-refractivity contribution in [2.45, 2.75) is 13.1 Å². The van der Waals surface area contributed by atoms with Crippen LogP contribution in [-0.2, 0) is 17.9 Å². The molecule has 0 bridgehead atoms. The number of nitrogens with zero attached hydrogens (tertiary/aromatic N) is 1. The molecule has 2 rings (SSSR count). The van der Waals surface area contributed by atoms with E-state index in [2.05, 4.69) is 5.32 Å². The first kappa shape index (κ1) is 16.0. The van der Waals surface area contributed by atoms with Crippen LogP contribution in [0.1, 0.15) is 11.1 Å². The summed E-state index contributed by atoms with van der Waals surface area (Å²) in [7, 11) is 3.59. The van der Waals surface area contributed by atoms with Crippen molar-refractivity contribution in [1.82, 2.24) is 10.2 Å². The van der Waals surface area contributed by atoms with E-state index < -0.39 is 0 Å². The van der Waals surface area contributed by atoms with Gasteiger partial charge in [-0.15, -0.1) is 0 Å².